The number of thiophene rings is 1. The summed E-state index contributed by atoms with van der Waals surface area (Å²) >= 11 is 1.44. The zero-order valence-corrected chi connectivity index (χ0v) is 13.8. The van der Waals surface area contributed by atoms with Crippen LogP contribution in [0.25, 0.3) is 0 Å². The Kier molecular flexibility index (Phi) is 5.10. The van der Waals surface area contributed by atoms with Crippen LogP contribution in [-0.2, 0) is 9.59 Å². The standard InChI is InChI=1S/C17H18FN3O2S/c18-14-5-1-2-6-15(14)21-8-3-4-12(10-21)19-16(22)17(23)20-13-7-9-24-11-13/h1-2,5-7,9,11-12H,3-4,8,10H2,(H,19,22)(H,20,23). The first-order valence-corrected chi connectivity index (χ1v) is 8.71. The van der Waals surface area contributed by atoms with Crippen LogP contribution in [0.4, 0.5) is 15.8 Å². The molecule has 2 aromatic rings. The second-order valence-electron chi connectivity index (χ2n) is 5.68. The van der Waals surface area contributed by atoms with Crippen molar-refractivity contribution in [2.24, 2.45) is 0 Å². The van der Waals surface area contributed by atoms with E-state index in [2.05, 4.69) is 10.6 Å². The largest absolute Gasteiger partial charge is 0.367 e. The van der Waals surface area contributed by atoms with Crippen LogP contribution in [0.2, 0.25) is 0 Å². The number of hydrogen-bond acceptors (Lipinski definition) is 4. The fourth-order valence-electron chi connectivity index (χ4n) is 2.80. The van der Waals surface area contributed by atoms with Crippen LogP contribution in [0.15, 0.2) is 41.1 Å². The Morgan fingerprint density at radius 3 is 2.79 bits per heavy atom. The highest BCUT2D eigenvalue weighted by Crippen LogP contribution is 2.22. The zero-order chi connectivity index (χ0) is 16.9. The Labute approximate surface area is 143 Å². The van der Waals surface area contributed by atoms with Gasteiger partial charge in [-0.05, 0) is 36.4 Å². The van der Waals surface area contributed by atoms with E-state index in [4.69, 9.17) is 0 Å². The SMILES string of the molecule is O=C(Nc1ccsc1)C(=O)NC1CCCN(c2ccccc2F)C1. The second kappa shape index (κ2) is 7.44. The molecule has 1 saturated heterocycles. The molecule has 2 heterocycles. The maximum Gasteiger partial charge on any atom is 0.313 e. The van der Waals surface area contributed by atoms with Gasteiger partial charge in [-0.15, -0.1) is 0 Å². The van der Waals surface area contributed by atoms with Crippen LogP contribution >= 0.6 is 11.3 Å². The van der Waals surface area contributed by atoms with Crippen molar-refractivity contribution in [3.05, 3.63) is 46.9 Å². The van der Waals surface area contributed by atoms with Crippen molar-refractivity contribution < 1.29 is 14.0 Å². The van der Waals surface area contributed by atoms with Crippen molar-refractivity contribution in [1.29, 1.82) is 0 Å². The molecule has 7 heteroatoms. The van der Waals surface area contributed by atoms with Crippen molar-refractivity contribution in [1.82, 2.24) is 5.32 Å². The van der Waals surface area contributed by atoms with Gasteiger partial charge in [0.15, 0.2) is 0 Å². The highest BCUT2D eigenvalue weighted by molar-refractivity contribution is 7.08. The van der Waals surface area contributed by atoms with Gasteiger partial charge in [0.05, 0.1) is 11.4 Å². The van der Waals surface area contributed by atoms with Crippen LogP contribution in [0.1, 0.15) is 12.8 Å². The molecular weight excluding hydrogens is 329 g/mol. The molecule has 0 radical (unpaired) electrons. The summed E-state index contributed by atoms with van der Waals surface area (Å²) in [4.78, 5) is 25.8. The van der Waals surface area contributed by atoms with Crippen LogP contribution < -0.4 is 15.5 Å². The number of para-hydroxylation sites is 1. The maximum absolute atomic E-state index is 13.9. The van der Waals surface area contributed by atoms with Gasteiger partial charge in [-0.25, -0.2) is 4.39 Å². The minimum absolute atomic E-state index is 0.181. The monoisotopic (exact) mass is 347 g/mol. The Hall–Kier alpha value is -2.41. The predicted octanol–water partition coefficient (Wildman–Crippen LogP) is 2.61. The van der Waals surface area contributed by atoms with Crippen molar-refractivity contribution in [2.75, 3.05) is 23.3 Å². The third kappa shape index (κ3) is 3.91. The molecule has 5 nitrogen and oxygen atoms in total. The van der Waals surface area contributed by atoms with Gasteiger partial charge in [0.2, 0.25) is 0 Å². The first-order chi connectivity index (χ1) is 11.6. The molecule has 1 fully saturated rings. The van der Waals surface area contributed by atoms with Gasteiger partial charge in [-0.2, -0.15) is 11.3 Å². The summed E-state index contributed by atoms with van der Waals surface area (Å²) in [5, 5.41) is 8.86. The molecule has 126 valence electrons. The van der Waals surface area contributed by atoms with E-state index in [9.17, 15) is 14.0 Å². The number of anilines is 2. The number of halogens is 1. The molecule has 1 unspecified atom stereocenters. The average Bonchev–Trinajstić information content (AvgIpc) is 3.08. The van der Waals surface area contributed by atoms with E-state index in [-0.39, 0.29) is 11.9 Å². The molecule has 2 N–H and O–H groups in total. The first-order valence-electron chi connectivity index (χ1n) is 7.77. The zero-order valence-electron chi connectivity index (χ0n) is 13.0. The number of nitrogens with zero attached hydrogens (tertiary/aromatic N) is 1. The van der Waals surface area contributed by atoms with Crippen LogP contribution in [0.3, 0.4) is 0 Å². The fourth-order valence-corrected chi connectivity index (χ4v) is 3.38. The highest BCUT2D eigenvalue weighted by Gasteiger charge is 2.25. The minimum atomic E-state index is -0.684. The molecule has 0 aliphatic carbocycles. The van der Waals surface area contributed by atoms with Crippen LogP contribution in [-0.4, -0.2) is 30.9 Å². The highest BCUT2D eigenvalue weighted by atomic mass is 32.1. The Bertz CT molecular complexity index is 720. The lowest BCUT2D eigenvalue weighted by atomic mass is 10.0. The molecule has 1 atom stereocenters. The van der Waals surface area contributed by atoms with Crippen molar-refractivity contribution >= 4 is 34.5 Å². The van der Waals surface area contributed by atoms with Gasteiger partial charge in [0.1, 0.15) is 5.82 Å². The Morgan fingerprint density at radius 2 is 2.04 bits per heavy atom. The third-order valence-electron chi connectivity index (χ3n) is 3.94. The van der Waals surface area contributed by atoms with Gasteiger partial charge in [-0.3, -0.25) is 9.59 Å². The van der Waals surface area contributed by atoms with Gasteiger partial charge in [0.25, 0.3) is 0 Å². The summed E-state index contributed by atoms with van der Waals surface area (Å²) in [5.74, 6) is -1.63. The van der Waals surface area contributed by atoms with E-state index in [0.29, 0.717) is 17.9 Å². The molecule has 3 rings (SSSR count). The topological polar surface area (TPSA) is 61.4 Å². The Balaban J connectivity index is 1.58. The summed E-state index contributed by atoms with van der Waals surface area (Å²) in [6, 6.07) is 8.13. The number of rotatable bonds is 3. The van der Waals surface area contributed by atoms with E-state index >= 15 is 0 Å². The predicted molar refractivity (Wildman–Crippen MR) is 92.7 cm³/mol. The van der Waals surface area contributed by atoms with Gasteiger partial charge in [-0.1, -0.05) is 12.1 Å². The average molecular weight is 347 g/mol. The molecule has 1 aromatic carbocycles. The van der Waals surface area contributed by atoms with Crippen molar-refractivity contribution in [3.63, 3.8) is 0 Å². The fraction of sp³-hybridized carbons (Fsp3) is 0.294. The van der Waals surface area contributed by atoms with E-state index < -0.39 is 11.8 Å². The van der Waals surface area contributed by atoms with E-state index in [0.717, 1.165) is 19.4 Å². The number of piperidine rings is 1. The number of carbonyl (C=O) groups is 2. The normalized spacial score (nSPS) is 17.4. The van der Waals surface area contributed by atoms with E-state index in [1.807, 2.05) is 10.3 Å². The van der Waals surface area contributed by atoms with Crippen molar-refractivity contribution in [2.45, 2.75) is 18.9 Å². The molecule has 1 aliphatic rings. The minimum Gasteiger partial charge on any atom is -0.367 e. The first kappa shape index (κ1) is 16.4. The number of benzene rings is 1. The summed E-state index contributed by atoms with van der Waals surface area (Å²) in [6.07, 6.45) is 1.59. The van der Waals surface area contributed by atoms with E-state index in [1.54, 1.807) is 29.6 Å². The quantitative estimate of drug-likeness (QED) is 0.839. The number of amides is 2. The second-order valence-corrected chi connectivity index (χ2v) is 6.46. The molecular formula is C17H18FN3O2S. The lowest BCUT2D eigenvalue weighted by molar-refractivity contribution is -0.136. The van der Waals surface area contributed by atoms with Gasteiger partial charge < -0.3 is 15.5 Å². The summed E-state index contributed by atoms with van der Waals surface area (Å²) in [7, 11) is 0. The summed E-state index contributed by atoms with van der Waals surface area (Å²) in [6.45, 7) is 1.22. The van der Waals surface area contributed by atoms with E-state index in [1.165, 1.54) is 17.4 Å². The van der Waals surface area contributed by atoms with Crippen LogP contribution in [0, 0.1) is 5.82 Å². The lowest BCUT2D eigenvalue weighted by Crippen LogP contribution is -2.50. The number of hydrogen-bond donors (Lipinski definition) is 2. The molecule has 0 spiro atoms. The number of carbonyl (C=O) groups excluding carboxylic acids is 2. The number of nitrogens with one attached hydrogen (secondary N) is 2. The molecule has 1 aromatic heterocycles. The molecule has 2 amide bonds. The third-order valence-corrected chi connectivity index (χ3v) is 4.62. The van der Waals surface area contributed by atoms with Crippen LogP contribution in [0.5, 0.6) is 0 Å². The summed E-state index contributed by atoms with van der Waals surface area (Å²) in [5.41, 5.74) is 1.14. The molecule has 0 bridgehead atoms. The van der Waals surface area contributed by atoms with Gasteiger partial charge >= 0.3 is 11.8 Å². The molecule has 0 saturated carbocycles. The Morgan fingerprint density at radius 1 is 1.21 bits per heavy atom. The van der Waals surface area contributed by atoms with Crippen molar-refractivity contribution in [3.8, 4) is 0 Å². The van der Waals surface area contributed by atoms with Gasteiger partial charge in [0, 0.05) is 24.5 Å². The maximum atomic E-state index is 13.9. The smallest absolute Gasteiger partial charge is 0.313 e. The summed E-state index contributed by atoms with van der Waals surface area (Å²) < 4.78 is 13.9. The lowest BCUT2D eigenvalue weighted by Gasteiger charge is -2.34. The molecule has 24 heavy (non-hydrogen) atoms. The molecule has 1 aliphatic heterocycles.